The second-order valence-electron chi connectivity index (χ2n) is 7.15. The summed E-state index contributed by atoms with van der Waals surface area (Å²) in [6.45, 7) is 9.68. The zero-order chi connectivity index (χ0) is 21.1. The van der Waals surface area contributed by atoms with Crippen molar-refractivity contribution in [1.29, 1.82) is 5.41 Å². The van der Waals surface area contributed by atoms with Crippen molar-refractivity contribution in [2.75, 3.05) is 26.2 Å². The molecule has 30 heavy (non-hydrogen) atoms. The van der Waals surface area contributed by atoms with Gasteiger partial charge in [-0.15, -0.1) is 0 Å². The predicted octanol–water partition coefficient (Wildman–Crippen LogP) is 3.01. The molecule has 0 aliphatic carbocycles. The van der Waals surface area contributed by atoms with Gasteiger partial charge in [-0.05, 0) is 36.4 Å². The number of carbonyl (C=O) groups is 1. The Morgan fingerprint density at radius 1 is 1.03 bits per heavy atom. The van der Waals surface area contributed by atoms with Crippen molar-refractivity contribution in [2.45, 2.75) is 6.17 Å². The fourth-order valence-electron chi connectivity index (χ4n) is 3.68. The van der Waals surface area contributed by atoms with Crippen molar-refractivity contribution in [3.63, 3.8) is 0 Å². The monoisotopic (exact) mass is 399 g/mol. The summed E-state index contributed by atoms with van der Waals surface area (Å²) in [7, 11) is 0. The maximum Gasteiger partial charge on any atom is 0.323 e. The Balaban J connectivity index is 1.47. The van der Waals surface area contributed by atoms with Gasteiger partial charge in [0.1, 0.15) is 5.75 Å². The molecule has 0 radical (unpaired) electrons. The van der Waals surface area contributed by atoms with Crippen LogP contribution in [-0.2, 0) is 0 Å². The van der Waals surface area contributed by atoms with Crippen LogP contribution in [0.25, 0.3) is 15.7 Å². The van der Waals surface area contributed by atoms with Crippen LogP contribution in [-0.4, -0.2) is 63.9 Å². The maximum absolute atomic E-state index is 12.6. The van der Waals surface area contributed by atoms with Crippen LogP contribution in [0.3, 0.4) is 0 Å². The second-order valence-corrected chi connectivity index (χ2v) is 7.15. The Morgan fingerprint density at radius 2 is 1.77 bits per heavy atom. The van der Waals surface area contributed by atoms with Gasteiger partial charge in [0, 0.05) is 37.1 Å². The van der Waals surface area contributed by atoms with E-state index in [0.29, 0.717) is 48.3 Å². The van der Waals surface area contributed by atoms with Crippen LogP contribution in [0.15, 0.2) is 60.7 Å². The zero-order valence-corrected chi connectivity index (χ0v) is 16.3. The Hall–Kier alpha value is -3.76. The van der Waals surface area contributed by atoms with Gasteiger partial charge in [-0.2, -0.15) is 0 Å². The number of aromatic hydroxyl groups is 1. The molecular formula is C23H21N5O2. The van der Waals surface area contributed by atoms with Gasteiger partial charge in [-0.3, -0.25) is 15.0 Å². The molecule has 4 rings (SSSR count). The van der Waals surface area contributed by atoms with E-state index in [1.165, 1.54) is 0 Å². The number of benzene rings is 2. The first-order valence-electron chi connectivity index (χ1n) is 9.71. The lowest BCUT2D eigenvalue weighted by Gasteiger charge is -2.34. The average Bonchev–Trinajstić information content (AvgIpc) is 2.80. The molecule has 1 fully saturated rings. The van der Waals surface area contributed by atoms with Crippen molar-refractivity contribution >= 4 is 22.5 Å². The van der Waals surface area contributed by atoms with E-state index in [1.54, 1.807) is 47.4 Å². The summed E-state index contributed by atoms with van der Waals surface area (Å²) < 4.78 is 0. The maximum atomic E-state index is 12.6. The smallest absolute Gasteiger partial charge is 0.323 e. The van der Waals surface area contributed by atoms with E-state index >= 15 is 0 Å². The van der Waals surface area contributed by atoms with E-state index in [-0.39, 0.29) is 17.4 Å². The van der Waals surface area contributed by atoms with Crippen LogP contribution < -0.4 is 0 Å². The van der Waals surface area contributed by atoms with Crippen molar-refractivity contribution < 1.29 is 9.90 Å². The number of fused-ring (bicyclic) bond motifs is 1. The number of phenolic OH excluding ortho intramolecular Hbond substituents is 1. The van der Waals surface area contributed by atoms with E-state index in [0.717, 1.165) is 0 Å². The number of nitrogens with zero attached hydrogens (tertiary/aromatic N) is 4. The highest BCUT2D eigenvalue weighted by Gasteiger charge is 2.33. The van der Waals surface area contributed by atoms with Crippen LogP contribution >= 0.6 is 0 Å². The first-order valence-corrected chi connectivity index (χ1v) is 9.71. The third kappa shape index (κ3) is 3.73. The number of nitrogens with one attached hydrogen (secondary N) is 1. The molecule has 1 aliphatic rings. The van der Waals surface area contributed by atoms with Gasteiger partial charge in [0.15, 0.2) is 5.71 Å². The molecule has 0 saturated carbocycles. The number of pyridine rings is 1. The molecule has 2 heterocycles. The van der Waals surface area contributed by atoms with Crippen molar-refractivity contribution in [1.82, 2.24) is 14.8 Å². The summed E-state index contributed by atoms with van der Waals surface area (Å²) in [6, 6.07) is 17.6. The van der Waals surface area contributed by atoms with Gasteiger partial charge < -0.3 is 10.0 Å². The molecule has 0 spiro atoms. The third-order valence-electron chi connectivity index (χ3n) is 5.33. The van der Waals surface area contributed by atoms with Gasteiger partial charge in [0.25, 0.3) is 5.91 Å². The molecule has 1 aliphatic heterocycles. The largest absolute Gasteiger partial charge is 0.507 e. The highest BCUT2D eigenvalue weighted by molar-refractivity contribution is 6.03. The summed E-state index contributed by atoms with van der Waals surface area (Å²) in [6.07, 6.45) is -0.763. The molecule has 2 N–H and O–H groups in total. The van der Waals surface area contributed by atoms with Crippen LogP contribution in [0.1, 0.15) is 16.1 Å². The molecule has 3 aromatic rings. The average molecular weight is 399 g/mol. The Kier molecular flexibility index (Phi) is 5.42. The van der Waals surface area contributed by atoms with E-state index in [2.05, 4.69) is 9.83 Å². The number of hydrogen-bond donors (Lipinski definition) is 2. The first-order chi connectivity index (χ1) is 14.6. The molecule has 1 saturated heterocycles. The number of carbonyl (C=O) groups excluding carboxylic acids is 1. The summed E-state index contributed by atoms with van der Waals surface area (Å²) in [5.41, 5.74) is 1.78. The van der Waals surface area contributed by atoms with Crippen molar-refractivity contribution in [3.8, 4) is 5.75 Å². The summed E-state index contributed by atoms with van der Waals surface area (Å²) in [5.74, 6) is 0.125. The summed E-state index contributed by atoms with van der Waals surface area (Å²) >= 11 is 0. The predicted molar refractivity (Wildman–Crippen MR) is 115 cm³/mol. The molecule has 2 aromatic carbocycles. The molecule has 1 amide bonds. The molecule has 150 valence electrons. The minimum Gasteiger partial charge on any atom is -0.507 e. The second kappa shape index (κ2) is 8.31. The zero-order valence-electron chi connectivity index (χ0n) is 16.3. The van der Waals surface area contributed by atoms with Crippen LogP contribution in [0.5, 0.6) is 5.75 Å². The fraction of sp³-hybridized carbons (Fsp3) is 0.217. The minimum atomic E-state index is -0.763. The number of hydrogen-bond acceptors (Lipinski definition) is 5. The van der Waals surface area contributed by atoms with Crippen LogP contribution in [0.4, 0.5) is 0 Å². The minimum absolute atomic E-state index is 0.0132. The Labute approximate surface area is 174 Å². The van der Waals surface area contributed by atoms with E-state index in [1.807, 2.05) is 23.1 Å². The molecule has 1 atom stereocenters. The van der Waals surface area contributed by atoms with E-state index in [4.69, 9.17) is 12.0 Å². The van der Waals surface area contributed by atoms with Gasteiger partial charge in [-0.25, -0.2) is 16.5 Å². The molecular weight excluding hydrogens is 378 g/mol. The quantitative estimate of drug-likeness (QED) is 0.522. The van der Waals surface area contributed by atoms with Crippen molar-refractivity contribution in [2.24, 2.45) is 0 Å². The molecule has 7 heteroatoms. The highest BCUT2D eigenvalue weighted by Crippen LogP contribution is 2.24. The van der Waals surface area contributed by atoms with E-state index < -0.39 is 6.17 Å². The summed E-state index contributed by atoms with van der Waals surface area (Å²) in [5, 5.41) is 19.1. The Bertz CT molecular complexity index is 1130. The first kappa shape index (κ1) is 19.6. The normalized spacial score (nSPS) is 15.5. The number of aromatic nitrogens is 1. The molecule has 1 unspecified atom stereocenters. The van der Waals surface area contributed by atoms with Gasteiger partial charge in [0.05, 0.1) is 11.2 Å². The third-order valence-corrected chi connectivity index (χ3v) is 5.33. The molecule has 1 aromatic heterocycles. The number of phenols is 1. The number of rotatable bonds is 4. The number of amides is 1. The van der Waals surface area contributed by atoms with Gasteiger partial charge >= 0.3 is 6.17 Å². The molecule has 7 nitrogen and oxygen atoms in total. The number of piperazine rings is 1. The SMILES string of the molecule is [C-]#[N+]C(C(=N)c1ccc2c(O)cccc2n1)N1CCN(C(=O)c2ccccc2)CC1. The topological polar surface area (TPSA) is 84.9 Å². The van der Waals surface area contributed by atoms with Crippen LogP contribution in [0.2, 0.25) is 0 Å². The Morgan fingerprint density at radius 3 is 2.47 bits per heavy atom. The standard InChI is InChI=1S/C23H21N5O2/c1-25-22(21(24)19-11-10-17-18(26-19)8-5-9-20(17)29)27-12-14-28(15-13-27)23(30)16-6-3-2-4-7-16/h2-11,22,24,29H,12-15H2. The van der Waals surface area contributed by atoms with Gasteiger partial charge in [-0.1, -0.05) is 24.3 Å². The van der Waals surface area contributed by atoms with Crippen molar-refractivity contribution in [3.05, 3.63) is 83.3 Å². The van der Waals surface area contributed by atoms with E-state index in [9.17, 15) is 9.90 Å². The fourth-order valence-corrected chi connectivity index (χ4v) is 3.68. The lowest BCUT2D eigenvalue weighted by Crippen LogP contribution is -2.53. The highest BCUT2D eigenvalue weighted by atomic mass is 16.3. The van der Waals surface area contributed by atoms with Crippen LogP contribution in [0, 0.1) is 12.0 Å². The molecule has 0 bridgehead atoms. The lowest BCUT2D eigenvalue weighted by molar-refractivity contribution is 0.0631. The lowest BCUT2D eigenvalue weighted by atomic mass is 10.1. The van der Waals surface area contributed by atoms with Gasteiger partial charge in [0.2, 0.25) is 0 Å². The summed E-state index contributed by atoms with van der Waals surface area (Å²) in [4.78, 5) is 24.5.